The Balaban J connectivity index is 1.94. The number of nitrogens with zero attached hydrogens (tertiary/aromatic N) is 4. The van der Waals surface area contributed by atoms with Gasteiger partial charge < -0.3 is 9.64 Å². The van der Waals surface area contributed by atoms with Crippen LogP contribution in [0.15, 0.2) is 41.6 Å². The topological polar surface area (TPSA) is 123 Å². The summed E-state index contributed by atoms with van der Waals surface area (Å²) in [6, 6.07) is 7.09. The lowest BCUT2D eigenvalue weighted by molar-refractivity contribution is -0.118. The van der Waals surface area contributed by atoms with Gasteiger partial charge in [0, 0.05) is 32.4 Å². The monoisotopic (exact) mass is 543 g/mol. The van der Waals surface area contributed by atoms with Gasteiger partial charge in [0.15, 0.2) is 5.03 Å². The van der Waals surface area contributed by atoms with Crippen LogP contribution in [-0.4, -0.2) is 60.6 Å². The Morgan fingerprint density at radius 2 is 1.92 bits per heavy atom. The van der Waals surface area contributed by atoms with Crippen LogP contribution in [0, 0.1) is 5.82 Å². The highest BCUT2D eigenvalue weighted by Crippen LogP contribution is 2.34. The van der Waals surface area contributed by atoms with Crippen LogP contribution in [0.25, 0.3) is 11.1 Å². The third-order valence-corrected chi connectivity index (χ3v) is 7.48. The van der Waals surface area contributed by atoms with Gasteiger partial charge in [0.05, 0.1) is 12.0 Å². The first-order chi connectivity index (χ1) is 17.7. The number of rotatable bonds is 2. The number of halogens is 1. The molecule has 1 aromatic carbocycles. The largest absolute Gasteiger partial charge is 0.475 e. The van der Waals surface area contributed by atoms with Crippen LogP contribution in [0.3, 0.4) is 0 Å². The van der Waals surface area contributed by atoms with E-state index in [0.29, 0.717) is 22.3 Å². The lowest BCUT2D eigenvalue weighted by Crippen LogP contribution is -2.38. The van der Waals surface area contributed by atoms with Crippen molar-refractivity contribution < 1.29 is 27.1 Å². The number of carbonyl (C=O) groups is 2. The molecule has 0 radical (unpaired) electrons. The van der Waals surface area contributed by atoms with Crippen LogP contribution in [0.5, 0.6) is 5.88 Å². The van der Waals surface area contributed by atoms with E-state index in [1.54, 1.807) is 26.0 Å². The smallest absolute Gasteiger partial charge is 0.283 e. The number of fused-ring (bicyclic) bond motifs is 6. The number of nitrogens with one attached hydrogen (secondary N) is 1. The van der Waals surface area contributed by atoms with Gasteiger partial charge in [-0.1, -0.05) is 13.8 Å². The molecule has 0 saturated carbocycles. The molecule has 1 aliphatic rings. The molecule has 4 bridgehead atoms. The van der Waals surface area contributed by atoms with Gasteiger partial charge >= 0.3 is 0 Å². The molecular formula is C26H30FN5O5S. The van der Waals surface area contributed by atoms with Crippen molar-refractivity contribution in [2.75, 3.05) is 20.7 Å². The summed E-state index contributed by atoms with van der Waals surface area (Å²) in [6.07, 6.45) is 1.17. The summed E-state index contributed by atoms with van der Waals surface area (Å²) in [5, 5.41) is 3.73. The number of ether oxygens (including phenoxy) is 1. The molecule has 0 atom stereocenters. The van der Waals surface area contributed by atoms with Crippen molar-refractivity contribution in [3.05, 3.63) is 59.2 Å². The summed E-state index contributed by atoms with van der Waals surface area (Å²) >= 11 is 0. The number of sulfonamides is 1. The minimum Gasteiger partial charge on any atom is -0.475 e. The molecule has 0 saturated heterocycles. The maximum Gasteiger partial charge on any atom is 0.283 e. The second-order valence-corrected chi connectivity index (χ2v) is 12.0. The fraction of sp³-hybridized carbons (Fsp3) is 0.385. The first-order valence-electron chi connectivity index (χ1n) is 12.0. The lowest BCUT2D eigenvalue weighted by atomic mass is 9.88. The Morgan fingerprint density at radius 3 is 2.58 bits per heavy atom. The molecule has 0 fully saturated rings. The Morgan fingerprint density at radius 1 is 1.21 bits per heavy atom. The molecule has 10 nitrogen and oxygen atoms in total. The molecule has 3 heterocycles. The molecule has 38 heavy (non-hydrogen) atoms. The highest BCUT2D eigenvalue weighted by molar-refractivity contribution is 7.90. The van der Waals surface area contributed by atoms with Crippen molar-refractivity contribution in [3.8, 4) is 17.0 Å². The third kappa shape index (κ3) is 5.26. The van der Waals surface area contributed by atoms with E-state index in [4.69, 9.17) is 4.74 Å². The average Bonchev–Trinajstić information content (AvgIpc) is 3.30. The molecule has 0 unspecified atom stereocenters. The summed E-state index contributed by atoms with van der Waals surface area (Å²) in [7, 11) is -1.38. The maximum absolute atomic E-state index is 14.7. The second kappa shape index (κ2) is 9.82. The second-order valence-electron chi connectivity index (χ2n) is 10.3. The molecule has 1 N–H and O–H groups in total. The van der Waals surface area contributed by atoms with Crippen molar-refractivity contribution in [1.29, 1.82) is 0 Å². The van der Waals surface area contributed by atoms with Gasteiger partial charge in [0.2, 0.25) is 11.8 Å². The van der Waals surface area contributed by atoms with Gasteiger partial charge in [-0.2, -0.15) is 13.5 Å². The van der Waals surface area contributed by atoms with Crippen LogP contribution in [-0.2, 0) is 26.8 Å². The molecule has 4 rings (SSSR count). The number of amides is 2. The number of benzene rings is 1. The highest BCUT2D eigenvalue weighted by atomic mass is 32.2. The summed E-state index contributed by atoms with van der Waals surface area (Å²) in [5.74, 6) is -1.70. The quantitative estimate of drug-likeness (QED) is 0.527. The fourth-order valence-corrected chi connectivity index (χ4v) is 5.26. The van der Waals surface area contributed by atoms with Crippen LogP contribution in [0.4, 0.5) is 4.39 Å². The highest BCUT2D eigenvalue weighted by Gasteiger charge is 2.33. The SMILES string of the molecule is CC(C)c1cc(F)cc2c1CC(=O)NS(=O)(=O)c1cc(C(=O)N(C)C)n(n1)C(C)(C)COc1cc-2ccn1. The lowest BCUT2D eigenvalue weighted by Gasteiger charge is -2.27. The van der Waals surface area contributed by atoms with E-state index in [9.17, 15) is 22.4 Å². The van der Waals surface area contributed by atoms with Crippen LogP contribution >= 0.6 is 0 Å². The van der Waals surface area contributed by atoms with Crippen molar-refractivity contribution >= 4 is 21.8 Å². The first kappa shape index (κ1) is 27.2. The molecule has 2 aromatic heterocycles. The summed E-state index contributed by atoms with van der Waals surface area (Å²) in [6.45, 7) is 7.14. The molecule has 0 spiro atoms. The minimum absolute atomic E-state index is 0.00754. The van der Waals surface area contributed by atoms with Crippen molar-refractivity contribution in [1.82, 2.24) is 24.4 Å². The van der Waals surface area contributed by atoms with E-state index in [1.807, 2.05) is 13.8 Å². The zero-order valence-electron chi connectivity index (χ0n) is 22.1. The Bertz CT molecular complexity index is 1530. The van der Waals surface area contributed by atoms with E-state index < -0.39 is 38.2 Å². The molecular weight excluding hydrogens is 513 g/mol. The predicted octanol–water partition coefficient (Wildman–Crippen LogP) is 3.08. The zero-order valence-corrected chi connectivity index (χ0v) is 22.9. The number of aromatic nitrogens is 3. The summed E-state index contributed by atoms with van der Waals surface area (Å²) in [5.41, 5.74) is 1.04. The van der Waals surface area contributed by atoms with Crippen molar-refractivity contribution in [2.45, 2.75) is 50.6 Å². The number of carbonyl (C=O) groups excluding carboxylic acids is 2. The fourth-order valence-electron chi connectivity index (χ4n) is 4.33. The van der Waals surface area contributed by atoms with E-state index >= 15 is 0 Å². The number of pyridine rings is 1. The molecule has 12 heteroatoms. The standard InChI is InChI=1S/C26H30FN5O5S/c1-15(2)18-10-17(27)11-19-16-7-8-28-23(9-16)37-14-26(3,4)32-21(25(34)31(5)6)13-24(29-32)38(35,36)30-22(33)12-20(18)19/h7-11,13,15H,12,14H2,1-6H3,(H,30,33). The Kier molecular flexibility index (Phi) is 7.04. The van der Waals surface area contributed by atoms with E-state index in [1.165, 1.54) is 42.0 Å². The van der Waals surface area contributed by atoms with Gasteiger partial charge in [-0.05, 0) is 60.2 Å². The molecule has 0 aliphatic carbocycles. The molecule has 2 amide bonds. The van der Waals surface area contributed by atoms with Crippen molar-refractivity contribution in [2.24, 2.45) is 0 Å². The van der Waals surface area contributed by atoms with Crippen molar-refractivity contribution in [3.63, 3.8) is 0 Å². The molecule has 1 aliphatic heterocycles. The molecule has 202 valence electrons. The average molecular weight is 544 g/mol. The zero-order chi connectivity index (χ0) is 28.0. The summed E-state index contributed by atoms with van der Waals surface area (Å²) < 4.78 is 50.5. The van der Waals surface area contributed by atoms with Gasteiger partial charge in [-0.3, -0.25) is 9.59 Å². The van der Waals surface area contributed by atoms with Gasteiger partial charge in [0.1, 0.15) is 18.1 Å². The first-order valence-corrected chi connectivity index (χ1v) is 13.5. The summed E-state index contributed by atoms with van der Waals surface area (Å²) in [4.78, 5) is 31.6. The Labute approximate surface area is 220 Å². The number of hydrogen-bond acceptors (Lipinski definition) is 7. The number of hydrogen-bond donors (Lipinski definition) is 1. The van der Waals surface area contributed by atoms with Crippen LogP contribution in [0.1, 0.15) is 55.2 Å². The minimum atomic E-state index is -4.45. The maximum atomic E-state index is 14.7. The van der Waals surface area contributed by atoms with Crippen LogP contribution < -0.4 is 9.46 Å². The molecule has 3 aromatic rings. The van der Waals surface area contributed by atoms with Gasteiger partial charge in [-0.25, -0.2) is 18.8 Å². The normalized spacial score (nSPS) is 16.5. The van der Waals surface area contributed by atoms with Gasteiger partial charge in [0.25, 0.3) is 15.9 Å². The Hall–Kier alpha value is -3.80. The third-order valence-electron chi connectivity index (χ3n) is 6.24. The predicted molar refractivity (Wildman–Crippen MR) is 138 cm³/mol. The van der Waals surface area contributed by atoms with Crippen LogP contribution in [0.2, 0.25) is 0 Å². The van der Waals surface area contributed by atoms with E-state index in [0.717, 1.165) is 6.07 Å². The van der Waals surface area contributed by atoms with Gasteiger partial charge in [-0.15, -0.1) is 0 Å². The van der Waals surface area contributed by atoms with E-state index in [-0.39, 0.29) is 30.5 Å². The van der Waals surface area contributed by atoms with E-state index in [2.05, 4.69) is 14.8 Å².